The van der Waals surface area contributed by atoms with E-state index in [1.165, 1.54) is 11.1 Å². The minimum absolute atomic E-state index is 0.405. The SMILES string of the molecule is Cc1cccc(-n2c(CCl)nc3cccc(C)c32)c1. The smallest absolute Gasteiger partial charge is 0.129 e. The molecule has 0 fully saturated rings. The van der Waals surface area contributed by atoms with Crippen LogP contribution in [0.5, 0.6) is 0 Å². The fourth-order valence-electron chi connectivity index (χ4n) is 2.48. The zero-order chi connectivity index (χ0) is 13.4. The molecule has 3 aromatic rings. The Kier molecular flexibility index (Phi) is 3.03. The summed E-state index contributed by atoms with van der Waals surface area (Å²) in [5.74, 6) is 1.29. The van der Waals surface area contributed by atoms with Gasteiger partial charge in [0.1, 0.15) is 5.82 Å². The molecule has 1 aromatic heterocycles. The molecule has 0 aliphatic carbocycles. The van der Waals surface area contributed by atoms with E-state index < -0.39 is 0 Å². The van der Waals surface area contributed by atoms with Crippen LogP contribution in [0.2, 0.25) is 0 Å². The van der Waals surface area contributed by atoms with Gasteiger partial charge in [0, 0.05) is 5.69 Å². The molecule has 0 spiro atoms. The van der Waals surface area contributed by atoms with Crippen LogP contribution in [0.1, 0.15) is 17.0 Å². The zero-order valence-corrected chi connectivity index (χ0v) is 11.8. The Bertz CT molecular complexity index is 744. The van der Waals surface area contributed by atoms with Gasteiger partial charge < -0.3 is 0 Å². The number of hydrogen-bond acceptors (Lipinski definition) is 1. The highest BCUT2D eigenvalue weighted by Gasteiger charge is 2.13. The first-order chi connectivity index (χ1) is 9.20. The van der Waals surface area contributed by atoms with E-state index in [-0.39, 0.29) is 0 Å². The van der Waals surface area contributed by atoms with Gasteiger partial charge in [-0.2, -0.15) is 0 Å². The molecule has 0 radical (unpaired) electrons. The number of alkyl halides is 1. The summed E-state index contributed by atoms with van der Waals surface area (Å²) in [5.41, 5.74) is 5.70. The number of benzene rings is 2. The summed E-state index contributed by atoms with van der Waals surface area (Å²) < 4.78 is 2.16. The first-order valence-electron chi connectivity index (χ1n) is 6.30. The molecular formula is C16H15ClN2. The van der Waals surface area contributed by atoms with E-state index in [9.17, 15) is 0 Å². The van der Waals surface area contributed by atoms with E-state index in [1.807, 2.05) is 12.1 Å². The van der Waals surface area contributed by atoms with Gasteiger partial charge in [-0.05, 0) is 43.2 Å². The summed E-state index contributed by atoms with van der Waals surface area (Å²) in [6.45, 7) is 4.20. The highest BCUT2D eigenvalue weighted by Crippen LogP contribution is 2.25. The van der Waals surface area contributed by atoms with Crippen molar-refractivity contribution in [2.45, 2.75) is 19.7 Å². The number of aryl methyl sites for hydroxylation is 2. The molecule has 0 aliphatic rings. The van der Waals surface area contributed by atoms with Gasteiger partial charge in [0.15, 0.2) is 0 Å². The van der Waals surface area contributed by atoms with Crippen molar-refractivity contribution < 1.29 is 0 Å². The predicted octanol–water partition coefficient (Wildman–Crippen LogP) is 4.38. The zero-order valence-electron chi connectivity index (χ0n) is 11.0. The van der Waals surface area contributed by atoms with Crippen molar-refractivity contribution in [1.29, 1.82) is 0 Å². The van der Waals surface area contributed by atoms with Crippen LogP contribution >= 0.6 is 11.6 Å². The Morgan fingerprint density at radius 3 is 2.63 bits per heavy atom. The molecule has 19 heavy (non-hydrogen) atoms. The summed E-state index contributed by atoms with van der Waals surface area (Å²) in [6.07, 6.45) is 0. The van der Waals surface area contributed by atoms with E-state index in [0.717, 1.165) is 22.5 Å². The highest BCUT2D eigenvalue weighted by molar-refractivity contribution is 6.17. The number of rotatable bonds is 2. The molecule has 1 heterocycles. The third-order valence-corrected chi connectivity index (χ3v) is 3.57. The highest BCUT2D eigenvalue weighted by atomic mass is 35.5. The Labute approximate surface area is 117 Å². The molecule has 0 unspecified atom stereocenters. The number of hydrogen-bond donors (Lipinski definition) is 0. The first-order valence-corrected chi connectivity index (χ1v) is 6.84. The Hall–Kier alpha value is -1.80. The number of fused-ring (bicyclic) bond motifs is 1. The molecule has 0 amide bonds. The van der Waals surface area contributed by atoms with Crippen molar-refractivity contribution in [1.82, 2.24) is 9.55 Å². The second-order valence-electron chi connectivity index (χ2n) is 4.78. The van der Waals surface area contributed by atoms with Crippen molar-refractivity contribution in [2.75, 3.05) is 0 Å². The quantitative estimate of drug-likeness (QED) is 0.632. The summed E-state index contributed by atoms with van der Waals surface area (Å²) in [7, 11) is 0. The van der Waals surface area contributed by atoms with Gasteiger partial charge in [0.2, 0.25) is 0 Å². The number of para-hydroxylation sites is 1. The maximum Gasteiger partial charge on any atom is 0.129 e. The molecule has 2 aromatic carbocycles. The minimum Gasteiger partial charge on any atom is -0.295 e. The van der Waals surface area contributed by atoms with E-state index in [0.29, 0.717) is 5.88 Å². The summed E-state index contributed by atoms with van der Waals surface area (Å²) in [5, 5.41) is 0. The standard InChI is InChI=1S/C16H15ClN2/c1-11-5-3-7-13(9-11)19-15(10-17)18-14-8-4-6-12(2)16(14)19/h3-9H,10H2,1-2H3. The number of nitrogens with zero attached hydrogens (tertiary/aromatic N) is 2. The summed E-state index contributed by atoms with van der Waals surface area (Å²) >= 11 is 6.06. The largest absolute Gasteiger partial charge is 0.295 e. The van der Waals surface area contributed by atoms with E-state index in [1.54, 1.807) is 0 Å². The minimum atomic E-state index is 0.405. The van der Waals surface area contributed by atoms with Crippen LogP contribution in [0.3, 0.4) is 0 Å². The Morgan fingerprint density at radius 2 is 1.89 bits per heavy atom. The molecule has 0 aliphatic heterocycles. The normalized spacial score (nSPS) is 11.1. The molecule has 3 heteroatoms. The Balaban J connectivity index is 2.38. The first kappa shape index (κ1) is 12.2. The fraction of sp³-hybridized carbons (Fsp3) is 0.188. The monoisotopic (exact) mass is 270 g/mol. The van der Waals surface area contributed by atoms with Crippen LogP contribution < -0.4 is 0 Å². The lowest BCUT2D eigenvalue weighted by Crippen LogP contribution is -2.00. The van der Waals surface area contributed by atoms with Gasteiger partial charge in [0.05, 0.1) is 16.9 Å². The van der Waals surface area contributed by atoms with Crippen LogP contribution in [0, 0.1) is 13.8 Å². The van der Waals surface area contributed by atoms with Gasteiger partial charge in [-0.3, -0.25) is 4.57 Å². The third-order valence-electron chi connectivity index (χ3n) is 3.33. The van der Waals surface area contributed by atoms with Crippen LogP contribution in [-0.2, 0) is 5.88 Å². The topological polar surface area (TPSA) is 17.8 Å². The van der Waals surface area contributed by atoms with Crippen molar-refractivity contribution >= 4 is 22.6 Å². The van der Waals surface area contributed by atoms with Gasteiger partial charge in [0.25, 0.3) is 0 Å². The van der Waals surface area contributed by atoms with Crippen LogP contribution in [0.4, 0.5) is 0 Å². The molecule has 96 valence electrons. The van der Waals surface area contributed by atoms with E-state index in [2.05, 4.69) is 53.7 Å². The van der Waals surface area contributed by atoms with Crippen molar-refractivity contribution in [3.63, 3.8) is 0 Å². The third kappa shape index (κ3) is 2.02. The number of halogens is 1. The molecule has 0 saturated carbocycles. The number of aromatic nitrogens is 2. The van der Waals surface area contributed by atoms with Crippen LogP contribution in [0.15, 0.2) is 42.5 Å². The van der Waals surface area contributed by atoms with Crippen molar-refractivity contribution in [2.24, 2.45) is 0 Å². The molecule has 0 bridgehead atoms. The fourth-order valence-corrected chi connectivity index (χ4v) is 2.66. The van der Waals surface area contributed by atoms with E-state index in [4.69, 9.17) is 11.6 Å². The van der Waals surface area contributed by atoms with Gasteiger partial charge >= 0.3 is 0 Å². The summed E-state index contributed by atoms with van der Waals surface area (Å²) in [6, 6.07) is 14.6. The lowest BCUT2D eigenvalue weighted by Gasteiger charge is -2.10. The van der Waals surface area contributed by atoms with Crippen LogP contribution in [0.25, 0.3) is 16.7 Å². The van der Waals surface area contributed by atoms with Gasteiger partial charge in [-0.25, -0.2) is 4.98 Å². The maximum atomic E-state index is 6.06. The number of imidazole rings is 1. The molecular weight excluding hydrogens is 256 g/mol. The molecule has 0 saturated heterocycles. The second-order valence-corrected chi connectivity index (χ2v) is 5.05. The van der Waals surface area contributed by atoms with Crippen molar-refractivity contribution in [3.8, 4) is 5.69 Å². The van der Waals surface area contributed by atoms with Gasteiger partial charge in [-0.1, -0.05) is 24.3 Å². The predicted molar refractivity (Wildman–Crippen MR) is 80.1 cm³/mol. The van der Waals surface area contributed by atoms with E-state index >= 15 is 0 Å². The average molecular weight is 271 g/mol. The summed E-state index contributed by atoms with van der Waals surface area (Å²) in [4.78, 5) is 4.63. The average Bonchev–Trinajstić information content (AvgIpc) is 2.78. The molecule has 3 rings (SSSR count). The lowest BCUT2D eigenvalue weighted by molar-refractivity contribution is 0.977. The maximum absolute atomic E-state index is 6.06. The molecule has 0 N–H and O–H groups in total. The molecule has 2 nitrogen and oxygen atoms in total. The second kappa shape index (κ2) is 4.71. The van der Waals surface area contributed by atoms with Crippen molar-refractivity contribution in [3.05, 3.63) is 59.4 Å². The van der Waals surface area contributed by atoms with Crippen LogP contribution in [-0.4, -0.2) is 9.55 Å². The lowest BCUT2D eigenvalue weighted by atomic mass is 10.2. The molecule has 0 atom stereocenters. The van der Waals surface area contributed by atoms with Gasteiger partial charge in [-0.15, -0.1) is 11.6 Å². The Morgan fingerprint density at radius 1 is 1.11 bits per heavy atom.